The molecule has 21 heavy (non-hydrogen) atoms. The van der Waals surface area contributed by atoms with Gasteiger partial charge < -0.3 is 24.8 Å². The molecule has 1 aromatic carbocycles. The Hall–Kier alpha value is -1.95. The zero-order chi connectivity index (χ0) is 15.1. The van der Waals surface area contributed by atoms with Gasteiger partial charge in [-0.15, -0.1) is 0 Å². The van der Waals surface area contributed by atoms with Crippen LogP contribution in [-0.2, 0) is 9.53 Å². The fourth-order valence-electron chi connectivity index (χ4n) is 2.22. The van der Waals surface area contributed by atoms with Crippen LogP contribution < -0.4 is 20.1 Å². The predicted octanol–water partition coefficient (Wildman–Crippen LogP) is 1.41. The van der Waals surface area contributed by atoms with E-state index >= 15 is 0 Å². The highest BCUT2D eigenvalue weighted by atomic mass is 16.5. The van der Waals surface area contributed by atoms with Gasteiger partial charge in [-0.1, -0.05) is 0 Å². The van der Waals surface area contributed by atoms with Gasteiger partial charge in [-0.3, -0.25) is 4.79 Å². The molecule has 6 nitrogen and oxygen atoms in total. The molecule has 1 heterocycles. The standard InChI is InChI=1S/C15H22N2O4/c1-19-11-5-6-13(14(8-11)20-2)16-10-15(18)17-9-12-4-3-7-21-12/h5-6,8,12,16H,3-4,7,9-10H2,1-2H3,(H,17,18). The summed E-state index contributed by atoms with van der Waals surface area (Å²) in [4.78, 5) is 11.8. The summed E-state index contributed by atoms with van der Waals surface area (Å²) in [5.41, 5.74) is 0.755. The van der Waals surface area contributed by atoms with E-state index in [0.29, 0.717) is 18.0 Å². The van der Waals surface area contributed by atoms with Gasteiger partial charge in [0.2, 0.25) is 5.91 Å². The molecule has 0 bridgehead atoms. The van der Waals surface area contributed by atoms with Crippen LogP contribution in [0.3, 0.4) is 0 Å². The van der Waals surface area contributed by atoms with Crippen molar-refractivity contribution in [2.75, 3.05) is 39.2 Å². The van der Waals surface area contributed by atoms with Gasteiger partial charge >= 0.3 is 0 Å². The summed E-state index contributed by atoms with van der Waals surface area (Å²) in [6, 6.07) is 5.41. The van der Waals surface area contributed by atoms with Crippen LogP contribution in [0, 0.1) is 0 Å². The highest BCUT2D eigenvalue weighted by Gasteiger charge is 2.16. The highest BCUT2D eigenvalue weighted by molar-refractivity contribution is 5.81. The van der Waals surface area contributed by atoms with E-state index in [4.69, 9.17) is 14.2 Å². The van der Waals surface area contributed by atoms with E-state index < -0.39 is 0 Å². The van der Waals surface area contributed by atoms with Crippen LogP contribution in [0.2, 0.25) is 0 Å². The van der Waals surface area contributed by atoms with Crippen molar-refractivity contribution < 1.29 is 19.0 Å². The van der Waals surface area contributed by atoms with E-state index in [2.05, 4.69) is 10.6 Å². The van der Waals surface area contributed by atoms with Gasteiger partial charge in [0.05, 0.1) is 32.6 Å². The van der Waals surface area contributed by atoms with E-state index in [9.17, 15) is 4.79 Å². The van der Waals surface area contributed by atoms with E-state index in [-0.39, 0.29) is 18.6 Å². The lowest BCUT2D eigenvalue weighted by Gasteiger charge is -2.14. The van der Waals surface area contributed by atoms with Gasteiger partial charge in [-0.2, -0.15) is 0 Å². The number of carbonyl (C=O) groups is 1. The third-order valence-electron chi connectivity index (χ3n) is 3.40. The van der Waals surface area contributed by atoms with Gasteiger partial charge in [0.25, 0.3) is 0 Å². The lowest BCUT2D eigenvalue weighted by Crippen LogP contribution is -2.35. The molecule has 1 atom stereocenters. The van der Waals surface area contributed by atoms with Crippen molar-refractivity contribution in [2.45, 2.75) is 18.9 Å². The minimum absolute atomic E-state index is 0.0663. The summed E-state index contributed by atoms with van der Waals surface area (Å²) in [6.07, 6.45) is 2.24. The summed E-state index contributed by atoms with van der Waals surface area (Å²) in [6.45, 7) is 1.55. The van der Waals surface area contributed by atoms with Crippen molar-refractivity contribution in [1.29, 1.82) is 0 Å². The number of hydrogen-bond donors (Lipinski definition) is 2. The smallest absolute Gasteiger partial charge is 0.239 e. The zero-order valence-electron chi connectivity index (χ0n) is 12.5. The molecular formula is C15H22N2O4. The maximum Gasteiger partial charge on any atom is 0.239 e. The molecule has 0 spiro atoms. The molecule has 1 unspecified atom stereocenters. The third-order valence-corrected chi connectivity index (χ3v) is 3.40. The Morgan fingerprint density at radius 2 is 2.24 bits per heavy atom. The van der Waals surface area contributed by atoms with Crippen molar-refractivity contribution in [1.82, 2.24) is 5.32 Å². The largest absolute Gasteiger partial charge is 0.497 e. The fourth-order valence-corrected chi connectivity index (χ4v) is 2.22. The topological polar surface area (TPSA) is 68.8 Å². The summed E-state index contributed by atoms with van der Waals surface area (Å²) in [5, 5.41) is 5.92. The van der Waals surface area contributed by atoms with Crippen LogP contribution in [0.1, 0.15) is 12.8 Å². The van der Waals surface area contributed by atoms with E-state index in [1.165, 1.54) is 0 Å². The normalized spacial score (nSPS) is 17.3. The van der Waals surface area contributed by atoms with Gasteiger partial charge in [-0.05, 0) is 25.0 Å². The molecule has 1 fully saturated rings. The van der Waals surface area contributed by atoms with Crippen LogP contribution in [0.4, 0.5) is 5.69 Å². The number of hydrogen-bond acceptors (Lipinski definition) is 5. The lowest BCUT2D eigenvalue weighted by molar-refractivity contribution is -0.119. The Morgan fingerprint density at radius 1 is 1.38 bits per heavy atom. The second kappa shape index (κ2) is 7.73. The summed E-state index contributed by atoms with van der Waals surface area (Å²) in [5.74, 6) is 1.28. The Balaban J connectivity index is 1.80. The minimum atomic E-state index is -0.0663. The Labute approximate surface area is 124 Å². The Morgan fingerprint density at radius 3 is 2.90 bits per heavy atom. The molecule has 116 valence electrons. The zero-order valence-corrected chi connectivity index (χ0v) is 12.5. The van der Waals surface area contributed by atoms with Crippen molar-refractivity contribution in [3.8, 4) is 11.5 Å². The highest BCUT2D eigenvalue weighted by Crippen LogP contribution is 2.28. The third kappa shape index (κ3) is 4.53. The molecule has 6 heteroatoms. The molecule has 2 N–H and O–H groups in total. The number of ether oxygens (including phenoxy) is 3. The van der Waals surface area contributed by atoms with Gasteiger partial charge in [0.1, 0.15) is 11.5 Å². The lowest BCUT2D eigenvalue weighted by atomic mass is 10.2. The van der Waals surface area contributed by atoms with Gasteiger partial charge in [0.15, 0.2) is 0 Å². The molecular weight excluding hydrogens is 272 g/mol. The molecule has 0 saturated carbocycles. The average Bonchev–Trinajstić information content (AvgIpc) is 3.04. The molecule has 0 aliphatic carbocycles. The first-order valence-corrected chi connectivity index (χ1v) is 7.07. The maximum atomic E-state index is 11.8. The number of amides is 1. The molecule has 1 amide bonds. The first kappa shape index (κ1) is 15.4. The molecule has 1 aliphatic rings. The van der Waals surface area contributed by atoms with E-state index in [0.717, 1.165) is 25.1 Å². The first-order valence-electron chi connectivity index (χ1n) is 7.07. The minimum Gasteiger partial charge on any atom is -0.497 e. The second-order valence-corrected chi connectivity index (χ2v) is 4.86. The second-order valence-electron chi connectivity index (χ2n) is 4.86. The van der Waals surface area contributed by atoms with Crippen LogP contribution >= 0.6 is 0 Å². The van der Waals surface area contributed by atoms with Gasteiger partial charge in [0, 0.05) is 19.2 Å². The quantitative estimate of drug-likeness (QED) is 0.796. The van der Waals surface area contributed by atoms with Crippen LogP contribution in [0.25, 0.3) is 0 Å². The van der Waals surface area contributed by atoms with Crippen LogP contribution in [-0.4, -0.2) is 45.9 Å². The Kier molecular flexibility index (Phi) is 5.68. The number of nitrogens with one attached hydrogen (secondary N) is 2. The summed E-state index contributed by atoms with van der Waals surface area (Å²) < 4.78 is 15.9. The maximum absolute atomic E-state index is 11.8. The van der Waals surface area contributed by atoms with Crippen LogP contribution in [0.15, 0.2) is 18.2 Å². The molecule has 1 aromatic rings. The number of benzene rings is 1. The van der Waals surface area contributed by atoms with Crippen molar-refractivity contribution in [3.63, 3.8) is 0 Å². The number of methoxy groups -OCH3 is 2. The van der Waals surface area contributed by atoms with E-state index in [1.807, 2.05) is 12.1 Å². The number of anilines is 1. The summed E-state index contributed by atoms with van der Waals surface area (Å²) in [7, 11) is 3.18. The molecule has 2 rings (SSSR count). The van der Waals surface area contributed by atoms with Gasteiger partial charge in [-0.25, -0.2) is 0 Å². The first-order chi connectivity index (χ1) is 10.2. The van der Waals surface area contributed by atoms with Crippen molar-refractivity contribution in [2.24, 2.45) is 0 Å². The molecule has 0 radical (unpaired) electrons. The van der Waals surface area contributed by atoms with Crippen molar-refractivity contribution in [3.05, 3.63) is 18.2 Å². The molecule has 1 aliphatic heterocycles. The number of rotatable bonds is 7. The monoisotopic (exact) mass is 294 g/mol. The Bertz CT molecular complexity index is 473. The molecule has 0 aromatic heterocycles. The summed E-state index contributed by atoms with van der Waals surface area (Å²) >= 11 is 0. The van der Waals surface area contributed by atoms with Crippen molar-refractivity contribution >= 4 is 11.6 Å². The fraction of sp³-hybridized carbons (Fsp3) is 0.533. The van der Waals surface area contributed by atoms with E-state index in [1.54, 1.807) is 20.3 Å². The molecule has 1 saturated heterocycles. The number of carbonyl (C=O) groups excluding carboxylic acids is 1. The predicted molar refractivity (Wildman–Crippen MR) is 80.0 cm³/mol. The SMILES string of the molecule is COc1ccc(NCC(=O)NCC2CCCO2)c(OC)c1. The van der Waals surface area contributed by atoms with Crippen LogP contribution in [0.5, 0.6) is 11.5 Å². The average molecular weight is 294 g/mol.